The molecule has 1 aliphatic heterocycles. The van der Waals surface area contributed by atoms with Gasteiger partial charge in [-0.3, -0.25) is 19.0 Å². The molecular formula is C23H23N3O6. The number of para-hydroxylation sites is 3. The Morgan fingerprint density at radius 2 is 1.91 bits per heavy atom. The summed E-state index contributed by atoms with van der Waals surface area (Å²) in [6.07, 6.45) is 0.969. The number of hydrogen-bond donors (Lipinski definition) is 0. The topological polar surface area (TPSA) is 100.0 Å². The van der Waals surface area contributed by atoms with E-state index in [-0.39, 0.29) is 24.1 Å². The molecule has 166 valence electrons. The number of amides is 1. The fourth-order valence-corrected chi connectivity index (χ4v) is 3.44. The molecule has 2 heterocycles. The summed E-state index contributed by atoms with van der Waals surface area (Å²) in [5, 5.41) is 0.410. The number of rotatable bonds is 7. The lowest BCUT2D eigenvalue weighted by Gasteiger charge is -2.30. The van der Waals surface area contributed by atoms with E-state index in [2.05, 4.69) is 4.98 Å². The Balaban J connectivity index is 1.31. The summed E-state index contributed by atoms with van der Waals surface area (Å²) in [5.74, 6) is 0.255. The van der Waals surface area contributed by atoms with E-state index in [1.165, 1.54) is 6.33 Å². The molecule has 3 aromatic rings. The molecular weight excluding hydrogens is 414 g/mol. The Kier molecular flexibility index (Phi) is 6.34. The maximum atomic E-state index is 12.6. The predicted molar refractivity (Wildman–Crippen MR) is 116 cm³/mol. The molecule has 1 aliphatic rings. The number of nitrogens with zero attached hydrogens (tertiary/aromatic N) is 3. The second kappa shape index (κ2) is 9.51. The lowest BCUT2D eigenvalue weighted by Crippen LogP contribution is -2.45. The maximum absolute atomic E-state index is 12.6. The van der Waals surface area contributed by atoms with Crippen LogP contribution in [0, 0.1) is 0 Å². The SMILES string of the molecule is CCN(CC1COc2ccccc2O1)C(=O)COC(=O)Cn1cnc2ccccc2c1=O. The largest absolute Gasteiger partial charge is 0.486 e. The summed E-state index contributed by atoms with van der Waals surface area (Å²) in [4.78, 5) is 43.0. The monoisotopic (exact) mass is 437 g/mol. The zero-order valence-corrected chi connectivity index (χ0v) is 17.6. The van der Waals surface area contributed by atoms with Crippen LogP contribution >= 0.6 is 0 Å². The molecule has 2 aromatic carbocycles. The number of likely N-dealkylation sites (N-methyl/N-ethyl adjacent to an activating group) is 1. The van der Waals surface area contributed by atoms with Crippen molar-refractivity contribution >= 4 is 22.8 Å². The van der Waals surface area contributed by atoms with Crippen LogP contribution in [0.1, 0.15) is 6.92 Å². The molecule has 0 saturated carbocycles. The number of carbonyl (C=O) groups is 2. The Bertz CT molecular complexity index is 1190. The maximum Gasteiger partial charge on any atom is 0.326 e. The Morgan fingerprint density at radius 3 is 2.72 bits per heavy atom. The second-order valence-electron chi connectivity index (χ2n) is 7.29. The van der Waals surface area contributed by atoms with Crippen LogP contribution in [0.4, 0.5) is 0 Å². The van der Waals surface area contributed by atoms with Crippen LogP contribution in [0.3, 0.4) is 0 Å². The minimum absolute atomic E-state index is 0.301. The van der Waals surface area contributed by atoms with E-state index in [0.717, 1.165) is 4.57 Å². The highest BCUT2D eigenvalue weighted by molar-refractivity contribution is 5.81. The summed E-state index contributed by atoms with van der Waals surface area (Å²) in [7, 11) is 0. The Hall–Kier alpha value is -3.88. The van der Waals surface area contributed by atoms with Gasteiger partial charge in [-0.1, -0.05) is 24.3 Å². The molecule has 1 aromatic heterocycles. The van der Waals surface area contributed by atoms with Crippen molar-refractivity contribution in [3.63, 3.8) is 0 Å². The van der Waals surface area contributed by atoms with Crippen LogP contribution in [0.2, 0.25) is 0 Å². The van der Waals surface area contributed by atoms with Crippen LogP contribution in [0.5, 0.6) is 11.5 Å². The smallest absolute Gasteiger partial charge is 0.326 e. The third-order valence-electron chi connectivity index (χ3n) is 5.11. The number of ether oxygens (including phenoxy) is 3. The number of esters is 1. The average Bonchev–Trinajstić information content (AvgIpc) is 2.83. The number of hydrogen-bond acceptors (Lipinski definition) is 7. The zero-order chi connectivity index (χ0) is 22.5. The lowest BCUT2D eigenvalue weighted by molar-refractivity contribution is -0.153. The molecule has 1 amide bonds. The standard InChI is InChI=1S/C23H23N3O6/c1-2-25(11-16-13-30-19-9-5-6-10-20(19)32-16)21(27)14-31-22(28)12-26-15-24-18-8-4-3-7-17(18)23(26)29/h3-10,15-16H,2,11-14H2,1H3. The molecule has 0 bridgehead atoms. The van der Waals surface area contributed by atoms with Gasteiger partial charge in [-0.15, -0.1) is 0 Å². The van der Waals surface area contributed by atoms with Gasteiger partial charge in [0, 0.05) is 6.54 Å². The molecule has 4 rings (SSSR count). The van der Waals surface area contributed by atoms with Crippen molar-refractivity contribution in [2.45, 2.75) is 19.6 Å². The Labute approximate surface area is 184 Å². The van der Waals surface area contributed by atoms with E-state index in [1.54, 1.807) is 29.2 Å². The van der Waals surface area contributed by atoms with E-state index in [9.17, 15) is 14.4 Å². The molecule has 9 heteroatoms. The highest BCUT2D eigenvalue weighted by atomic mass is 16.6. The van der Waals surface area contributed by atoms with Crippen LogP contribution in [0.15, 0.2) is 59.7 Å². The molecule has 9 nitrogen and oxygen atoms in total. The van der Waals surface area contributed by atoms with Crippen molar-refractivity contribution in [3.8, 4) is 11.5 Å². The molecule has 32 heavy (non-hydrogen) atoms. The van der Waals surface area contributed by atoms with Gasteiger partial charge in [-0.2, -0.15) is 0 Å². The van der Waals surface area contributed by atoms with Crippen molar-refractivity contribution in [3.05, 3.63) is 65.2 Å². The van der Waals surface area contributed by atoms with Gasteiger partial charge in [-0.05, 0) is 31.2 Å². The van der Waals surface area contributed by atoms with E-state index in [0.29, 0.717) is 42.1 Å². The van der Waals surface area contributed by atoms with Gasteiger partial charge in [0.2, 0.25) is 0 Å². The van der Waals surface area contributed by atoms with E-state index in [1.807, 2.05) is 31.2 Å². The number of aromatic nitrogens is 2. The molecule has 1 atom stereocenters. The number of benzene rings is 2. The second-order valence-corrected chi connectivity index (χ2v) is 7.29. The average molecular weight is 437 g/mol. The quantitative estimate of drug-likeness (QED) is 0.518. The van der Waals surface area contributed by atoms with Gasteiger partial charge >= 0.3 is 5.97 Å². The predicted octanol–water partition coefficient (Wildman–Crippen LogP) is 1.63. The molecule has 0 fully saturated rings. The summed E-state index contributed by atoms with van der Waals surface area (Å²) < 4.78 is 17.9. The van der Waals surface area contributed by atoms with Gasteiger partial charge in [0.1, 0.15) is 13.2 Å². The van der Waals surface area contributed by atoms with E-state index in [4.69, 9.17) is 14.2 Å². The summed E-state index contributed by atoms with van der Waals surface area (Å²) >= 11 is 0. The molecule has 0 N–H and O–H groups in total. The zero-order valence-electron chi connectivity index (χ0n) is 17.6. The molecule has 0 saturated heterocycles. The first-order valence-corrected chi connectivity index (χ1v) is 10.3. The van der Waals surface area contributed by atoms with Gasteiger partial charge in [0.05, 0.1) is 23.8 Å². The van der Waals surface area contributed by atoms with E-state index >= 15 is 0 Å². The summed E-state index contributed by atoms with van der Waals surface area (Å²) in [6, 6.07) is 14.2. The van der Waals surface area contributed by atoms with Crippen molar-refractivity contribution < 1.29 is 23.8 Å². The van der Waals surface area contributed by atoms with Gasteiger partial charge in [0.15, 0.2) is 24.2 Å². The highest BCUT2D eigenvalue weighted by Gasteiger charge is 2.25. The van der Waals surface area contributed by atoms with Crippen LogP contribution < -0.4 is 15.0 Å². The van der Waals surface area contributed by atoms with Crippen LogP contribution in [0.25, 0.3) is 10.9 Å². The van der Waals surface area contributed by atoms with Crippen molar-refractivity contribution in [1.82, 2.24) is 14.5 Å². The first-order chi connectivity index (χ1) is 15.5. The van der Waals surface area contributed by atoms with E-state index < -0.39 is 12.6 Å². The first-order valence-electron chi connectivity index (χ1n) is 10.3. The van der Waals surface area contributed by atoms with Crippen molar-refractivity contribution in [2.75, 3.05) is 26.3 Å². The van der Waals surface area contributed by atoms with Crippen LogP contribution in [-0.2, 0) is 20.9 Å². The molecule has 0 aliphatic carbocycles. The fraction of sp³-hybridized carbons (Fsp3) is 0.304. The third-order valence-corrected chi connectivity index (χ3v) is 5.11. The number of fused-ring (bicyclic) bond motifs is 2. The fourth-order valence-electron chi connectivity index (χ4n) is 3.44. The van der Waals surface area contributed by atoms with Crippen LogP contribution in [-0.4, -0.2) is 58.7 Å². The van der Waals surface area contributed by atoms with Gasteiger partial charge < -0.3 is 19.1 Å². The summed E-state index contributed by atoms with van der Waals surface area (Å²) in [6.45, 7) is 2.12. The lowest BCUT2D eigenvalue weighted by atomic mass is 10.2. The third kappa shape index (κ3) is 4.72. The van der Waals surface area contributed by atoms with Crippen molar-refractivity contribution in [1.29, 1.82) is 0 Å². The highest BCUT2D eigenvalue weighted by Crippen LogP contribution is 2.31. The van der Waals surface area contributed by atoms with Gasteiger partial charge in [0.25, 0.3) is 11.5 Å². The summed E-state index contributed by atoms with van der Waals surface area (Å²) in [5.41, 5.74) is 0.205. The number of carbonyl (C=O) groups excluding carboxylic acids is 2. The minimum atomic E-state index is -0.695. The molecule has 1 unspecified atom stereocenters. The molecule has 0 spiro atoms. The van der Waals surface area contributed by atoms with Gasteiger partial charge in [-0.25, -0.2) is 4.98 Å². The Morgan fingerprint density at radius 1 is 1.16 bits per heavy atom. The normalized spacial score (nSPS) is 14.7. The minimum Gasteiger partial charge on any atom is -0.486 e. The first kappa shape index (κ1) is 21.4. The van der Waals surface area contributed by atoms with Crippen molar-refractivity contribution in [2.24, 2.45) is 0 Å². The molecule has 0 radical (unpaired) electrons.